The van der Waals surface area contributed by atoms with Crippen molar-refractivity contribution in [2.75, 3.05) is 19.7 Å². The van der Waals surface area contributed by atoms with Crippen LogP contribution in [0.3, 0.4) is 0 Å². The van der Waals surface area contributed by atoms with Crippen molar-refractivity contribution in [2.24, 2.45) is 5.92 Å². The molecule has 0 saturated carbocycles. The number of rotatable bonds is 5. The molecule has 1 aromatic heterocycles. The van der Waals surface area contributed by atoms with Gasteiger partial charge in [-0.1, -0.05) is 0 Å². The van der Waals surface area contributed by atoms with Crippen LogP contribution in [-0.4, -0.2) is 46.5 Å². The van der Waals surface area contributed by atoms with E-state index < -0.39 is 5.60 Å². The van der Waals surface area contributed by atoms with Gasteiger partial charge >= 0.3 is 6.09 Å². The molecular formula is C21H28FN3O3. The van der Waals surface area contributed by atoms with Crippen molar-refractivity contribution in [2.45, 2.75) is 45.8 Å². The number of nitrogens with one attached hydrogen (secondary N) is 1. The molecule has 1 amide bonds. The Morgan fingerprint density at radius 2 is 1.93 bits per heavy atom. The Kier molecular flexibility index (Phi) is 6.34. The standard InChI is InChI=1S/C21H28FN3O3/c1-21(2,3)28-20(26)25-10-8-15(9-11-25)13-27-14-17-12-23-24-19(17)16-4-6-18(22)7-5-16/h4-7,12,15H,8-11,13-14H2,1-3H3,(H,23,24). The van der Waals surface area contributed by atoms with Crippen LogP contribution < -0.4 is 0 Å². The van der Waals surface area contributed by atoms with E-state index in [1.165, 1.54) is 12.1 Å². The number of carbonyl (C=O) groups excluding carboxylic acids is 1. The van der Waals surface area contributed by atoms with E-state index in [2.05, 4.69) is 10.2 Å². The summed E-state index contributed by atoms with van der Waals surface area (Å²) < 4.78 is 24.5. The Morgan fingerprint density at radius 1 is 1.25 bits per heavy atom. The molecule has 0 atom stereocenters. The zero-order chi connectivity index (χ0) is 20.1. The highest BCUT2D eigenvalue weighted by molar-refractivity contribution is 5.68. The van der Waals surface area contributed by atoms with Gasteiger partial charge in [-0.05, 0) is 63.8 Å². The molecule has 0 radical (unpaired) electrons. The number of carbonyl (C=O) groups is 1. The van der Waals surface area contributed by atoms with E-state index in [1.807, 2.05) is 20.8 Å². The van der Waals surface area contributed by atoms with Gasteiger partial charge in [-0.3, -0.25) is 5.10 Å². The van der Waals surface area contributed by atoms with Crippen molar-refractivity contribution in [3.63, 3.8) is 0 Å². The fourth-order valence-electron chi connectivity index (χ4n) is 3.23. The fourth-order valence-corrected chi connectivity index (χ4v) is 3.23. The second-order valence-electron chi connectivity index (χ2n) is 8.20. The number of hydrogen-bond donors (Lipinski definition) is 1. The minimum Gasteiger partial charge on any atom is -0.444 e. The maximum Gasteiger partial charge on any atom is 0.410 e. The number of benzene rings is 1. The highest BCUT2D eigenvalue weighted by Crippen LogP contribution is 2.24. The number of ether oxygens (including phenoxy) is 2. The van der Waals surface area contributed by atoms with Crippen molar-refractivity contribution in [1.82, 2.24) is 15.1 Å². The van der Waals surface area contributed by atoms with Crippen LogP contribution in [0.4, 0.5) is 9.18 Å². The third kappa shape index (κ3) is 5.55. The number of hydrogen-bond acceptors (Lipinski definition) is 4. The van der Waals surface area contributed by atoms with Gasteiger partial charge in [-0.25, -0.2) is 9.18 Å². The van der Waals surface area contributed by atoms with Crippen molar-refractivity contribution >= 4 is 6.09 Å². The molecule has 1 aliphatic rings. The monoisotopic (exact) mass is 389 g/mol. The molecule has 0 unspecified atom stereocenters. The predicted octanol–water partition coefficient (Wildman–Crippen LogP) is 4.38. The van der Waals surface area contributed by atoms with Crippen LogP contribution in [0.25, 0.3) is 11.3 Å². The molecule has 1 N–H and O–H groups in total. The predicted molar refractivity (Wildman–Crippen MR) is 104 cm³/mol. The van der Waals surface area contributed by atoms with Crippen molar-refractivity contribution in [3.8, 4) is 11.3 Å². The van der Waals surface area contributed by atoms with Crippen LogP contribution in [0, 0.1) is 11.7 Å². The van der Waals surface area contributed by atoms with Crippen molar-refractivity contribution in [1.29, 1.82) is 0 Å². The van der Waals surface area contributed by atoms with E-state index >= 15 is 0 Å². The Balaban J connectivity index is 1.44. The molecule has 0 aliphatic carbocycles. The molecule has 7 heteroatoms. The third-order valence-electron chi connectivity index (χ3n) is 4.73. The smallest absolute Gasteiger partial charge is 0.410 e. The van der Waals surface area contributed by atoms with Gasteiger partial charge < -0.3 is 14.4 Å². The minimum absolute atomic E-state index is 0.241. The summed E-state index contributed by atoms with van der Waals surface area (Å²) in [6.45, 7) is 8.08. The number of likely N-dealkylation sites (tertiary alicyclic amines) is 1. The highest BCUT2D eigenvalue weighted by Gasteiger charge is 2.26. The normalized spacial score (nSPS) is 15.6. The lowest BCUT2D eigenvalue weighted by Crippen LogP contribution is -2.42. The first-order valence-corrected chi connectivity index (χ1v) is 9.65. The summed E-state index contributed by atoms with van der Waals surface area (Å²) in [7, 11) is 0. The molecule has 2 heterocycles. The summed E-state index contributed by atoms with van der Waals surface area (Å²) in [4.78, 5) is 13.9. The van der Waals surface area contributed by atoms with Crippen LogP contribution >= 0.6 is 0 Å². The number of nitrogens with zero attached hydrogens (tertiary/aromatic N) is 2. The zero-order valence-corrected chi connectivity index (χ0v) is 16.7. The first kappa shape index (κ1) is 20.3. The number of aromatic nitrogens is 2. The number of piperidine rings is 1. The molecule has 3 rings (SSSR count). The van der Waals surface area contributed by atoms with E-state index in [0.717, 1.165) is 29.7 Å². The lowest BCUT2D eigenvalue weighted by molar-refractivity contribution is 0.0105. The molecule has 1 saturated heterocycles. The first-order chi connectivity index (χ1) is 13.3. The number of amides is 1. The minimum atomic E-state index is -0.468. The van der Waals surface area contributed by atoms with Crippen molar-refractivity contribution < 1.29 is 18.7 Å². The Bertz CT molecular complexity index is 775. The molecule has 6 nitrogen and oxygen atoms in total. The second kappa shape index (κ2) is 8.73. The lowest BCUT2D eigenvalue weighted by Gasteiger charge is -2.33. The molecule has 1 aliphatic heterocycles. The molecule has 0 bridgehead atoms. The van der Waals surface area contributed by atoms with E-state index in [9.17, 15) is 9.18 Å². The van der Waals surface area contributed by atoms with E-state index in [1.54, 1.807) is 23.2 Å². The summed E-state index contributed by atoms with van der Waals surface area (Å²) in [5.41, 5.74) is 2.20. The third-order valence-corrected chi connectivity index (χ3v) is 4.73. The molecule has 1 fully saturated rings. The fraction of sp³-hybridized carbons (Fsp3) is 0.524. The van der Waals surface area contributed by atoms with Crippen LogP contribution in [0.5, 0.6) is 0 Å². The summed E-state index contributed by atoms with van der Waals surface area (Å²) in [6, 6.07) is 6.30. The van der Waals surface area contributed by atoms with Crippen LogP contribution in [0.2, 0.25) is 0 Å². The van der Waals surface area contributed by atoms with Gasteiger partial charge in [0.25, 0.3) is 0 Å². The molecule has 2 aromatic rings. The Morgan fingerprint density at radius 3 is 2.57 bits per heavy atom. The molecule has 1 aromatic carbocycles. The van der Waals surface area contributed by atoms with Gasteiger partial charge in [-0.2, -0.15) is 5.10 Å². The van der Waals surface area contributed by atoms with Gasteiger partial charge in [0.15, 0.2) is 0 Å². The quantitative estimate of drug-likeness (QED) is 0.824. The van der Waals surface area contributed by atoms with Crippen LogP contribution in [0.15, 0.2) is 30.5 Å². The second-order valence-corrected chi connectivity index (χ2v) is 8.20. The van der Waals surface area contributed by atoms with Gasteiger partial charge in [0.2, 0.25) is 0 Å². The van der Waals surface area contributed by atoms with Crippen LogP contribution in [-0.2, 0) is 16.1 Å². The largest absolute Gasteiger partial charge is 0.444 e. The number of halogens is 1. The average molecular weight is 389 g/mol. The van der Waals surface area contributed by atoms with E-state index in [0.29, 0.717) is 32.2 Å². The molecular weight excluding hydrogens is 361 g/mol. The van der Waals surface area contributed by atoms with E-state index in [4.69, 9.17) is 9.47 Å². The van der Waals surface area contributed by atoms with Gasteiger partial charge in [-0.15, -0.1) is 0 Å². The maximum absolute atomic E-state index is 13.1. The summed E-state index contributed by atoms with van der Waals surface area (Å²) in [5, 5.41) is 7.04. The zero-order valence-electron chi connectivity index (χ0n) is 16.7. The van der Waals surface area contributed by atoms with Crippen molar-refractivity contribution in [3.05, 3.63) is 41.8 Å². The topological polar surface area (TPSA) is 67.4 Å². The Hall–Kier alpha value is -2.41. The van der Waals surface area contributed by atoms with Crippen LogP contribution in [0.1, 0.15) is 39.2 Å². The summed E-state index contributed by atoms with van der Waals surface area (Å²) in [5.74, 6) is 0.152. The summed E-state index contributed by atoms with van der Waals surface area (Å²) in [6.07, 6.45) is 3.29. The summed E-state index contributed by atoms with van der Waals surface area (Å²) >= 11 is 0. The molecule has 0 spiro atoms. The number of aromatic amines is 1. The lowest BCUT2D eigenvalue weighted by atomic mass is 9.98. The first-order valence-electron chi connectivity index (χ1n) is 9.65. The van der Waals surface area contributed by atoms with Gasteiger partial charge in [0.05, 0.1) is 18.5 Å². The SMILES string of the molecule is CC(C)(C)OC(=O)N1CCC(COCc2cn[nH]c2-c2ccc(F)cc2)CC1. The average Bonchev–Trinajstić information content (AvgIpc) is 3.10. The van der Waals surface area contributed by atoms with Gasteiger partial charge in [0, 0.05) is 30.8 Å². The number of H-pyrrole nitrogens is 1. The molecule has 28 heavy (non-hydrogen) atoms. The Labute approximate surface area is 165 Å². The molecule has 152 valence electrons. The van der Waals surface area contributed by atoms with E-state index in [-0.39, 0.29) is 11.9 Å². The van der Waals surface area contributed by atoms with Gasteiger partial charge in [0.1, 0.15) is 11.4 Å². The maximum atomic E-state index is 13.1. The highest BCUT2D eigenvalue weighted by atomic mass is 19.1.